The highest BCUT2D eigenvalue weighted by atomic mass is 16.7. The second-order valence-corrected chi connectivity index (χ2v) is 5.96. The molecular weight excluding hydrogens is 342 g/mol. The van der Waals surface area contributed by atoms with Gasteiger partial charge in [-0.2, -0.15) is 0 Å². The number of carbonyl (C=O) groups is 1. The number of amides is 1. The zero-order valence-electron chi connectivity index (χ0n) is 15.0. The maximum Gasteiger partial charge on any atom is 0.223 e. The minimum Gasteiger partial charge on any atom is -0.493 e. The van der Waals surface area contributed by atoms with Crippen molar-refractivity contribution in [1.82, 2.24) is 5.32 Å². The minimum atomic E-state index is -1.37. The Morgan fingerprint density at radius 3 is 2.62 bits per heavy atom. The predicted molar refractivity (Wildman–Crippen MR) is 93.7 cm³/mol. The zero-order chi connectivity index (χ0) is 19.3. The Hall–Kier alpha value is -2.13. The van der Waals surface area contributed by atoms with Crippen LogP contribution in [0.15, 0.2) is 24.3 Å². The van der Waals surface area contributed by atoms with E-state index < -0.39 is 43.2 Å². The van der Waals surface area contributed by atoms with Crippen LogP contribution in [0.25, 0.3) is 6.08 Å². The topological polar surface area (TPSA) is 117 Å². The molecule has 0 saturated carbocycles. The predicted octanol–water partition coefficient (Wildman–Crippen LogP) is 0.0508. The van der Waals surface area contributed by atoms with Gasteiger partial charge in [-0.1, -0.05) is 18.2 Å². The highest BCUT2D eigenvalue weighted by Gasteiger charge is 2.46. The summed E-state index contributed by atoms with van der Waals surface area (Å²) in [6, 6.07) is 4.22. The van der Waals surface area contributed by atoms with Gasteiger partial charge in [0.1, 0.15) is 24.4 Å². The van der Waals surface area contributed by atoms with E-state index in [1.165, 1.54) is 14.0 Å². The molecule has 8 nitrogen and oxygen atoms in total. The molecule has 5 atom stereocenters. The molecule has 0 radical (unpaired) electrons. The van der Waals surface area contributed by atoms with Crippen LogP contribution in [0.5, 0.6) is 11.5 Å². The molecule has 0 spiro atoms. The van der Waals surface area contributed by atoms with Crippen LogP contribution in [0.4, 0.5) is 0 Å². The van der Waals surface area contributed by atoms with Gasteiger partial charge in [-0.3, -0.25) is 4.79 Å². The third-order valence-electron chi connectivity index (χ3n) is 4.04. The van der Waals surface area contributed by atoms with E-state index in [1.807, 2.05) is 25.1 Å². The number of nitrogens with one attached hydrogen (secondary N) is 1. The third kappa shape index (κ3) is 4.53. The maximum absolute atomic E-state index is 11.5. The fraction of sp³-hybridized carbons (Fsp3) is 0.500. The van der Waals surface area contributed by atoms with E-state index in [0.29, 0.717) is 11.5 Å². The summed E-state index contributed by atoms with van der Waals surface area (Å²) in [5.74, 6) is 0.351. The molecule has 2 rings (SSSR count). The first-order chi connectivity index (χ1) is 12.4. The van der Waals surface area contributed by atoms with Crippen LogP contribution in [0.3, 0.4) is 0 Å². The van der Waals surface area contributed by atoms with Gasteiger partial charge in [0.2, 0.25) is 12.2 Å². The van der Waals surface area contributed by atoms with Crippen molar-refractivity contribution in [2.75, 3.05) is 13.7 Å². The Morgan fingerprint density at radius 2 is 2.04 bits per heavy atom. The van der Waals surface area contributed by atoms with Crippen molar-refractivity contribution in [3.05, 3.63) is 29.8 Å². The van der Waals surface area contributed by atoms with Gasteiger partial charge in [-0.25, -0.2) is 0 Å². The number of benzene rings is 1. The molecule has 0 aromatic heterocycles. The standard InChI is InChI=1S/C18H25NO7/c1-4-5-11-6-7-12(13(8-11)24-3)25-18-15(19-10(2)21)17(23)16(22)14(9-20)26-18/h4-8,14-18,20,22-23H,9H2,1-3H3,(H,19,21)/t14-,15-,16-,17-,18+/m1/s1. The Balaban J connectivity index is 2.29. The van der Waals surface area contributed by atoms with Crippen molar-refractivity contribution in [3.8, 4) is 11.5 Å². The summed E-state index contributed by atoms with van der Waals surface area (Å²) in [4.78, 5) is 11.5. The van der Waals surface area contributed by atoms with Crippen LogP contribution in [0, 0.1) is 0 Å². The summed E-state index contributed by atoms with van der Waals surface area (Å²) in [5.41, 5.74) is 0.906. The lowest BCUT2D eigenvalue weighted by atomic mass is 9.97. The van der Waals surface area contributed by atoms with Crippen LogP contribution >= 0.6 is 0 Å². The molecule has 1 aliphatic rings. The van der Waals surface area contributed by atoms with Crippen LogP contribution in [0.2, 0.25) is 0 Å². The van der Waals surface area contributed by atoms with E-state index in [9.17, 15) is 20.1 Å². The summed E-state index contributed by atoms with van der Waals surface area (Å²) >= 11 is 0. The molecule has 1 saturated heterocycles. The van der Waals surface area contributed by atoms with Gasteiger partial charge in [0.05, 0.1) is 13.7 Å². The highest BCUT2D eigenvalue weighted by Crippen LogP contribution is 2.32. The van der Waals surface area contributed by atoms with E-state index in [-0.39, 0.29) is 0 Å². The van der Waals surface area contributed by atoms with Gasteiger partial charge < -0.3 is 34.8 Å². The normalized spacial score (nSPS) is 28.8. The van der Waals surface area contributed by atoms with Gasteiger partial charge in [0.25, 0.3) is 0 Å². The molecular formula is C18H25NO7. The average Bonchev–Trinajstić information content (AvgIpc) is 2.62. The summed E-state index contributed by atoms with van der Waals surface area (Å²) in [6.45, 7) is 2.66. The molecule has 0 aliphatic carbocycles. The van der Waals surface area contributed by atoms with Crippen LogP contribution in [-0.2, 0) is 9.53 Å². The molecule has 1 amide bonds. The van der Waals surface area contributed by atoms with Gasteiger partial charge in [0, 0.05) is 6.92 Å². The van der Waals surface area contributed by atoms with E-state index in [0.717, 1.165) is 5.56 Å². The quantitative estimate of drug-likeness (QED) is 0.561. The van der Waals surface area contributed by atoms with Gasteiger partial charge in [-0.15, -0.1) is 0 Å². The second-order valence-electron chi connectivity index (χ2n) is 5.96. The van der Waals surface area contributed by atoms with Gasteiger partial charge >= 0.3 is 0 Å². The number of allylic oxidation sites excluding steroid dienone is 1. The molecule has 1 aromatic rings. The van der Waals surface area contributed by atoms with Crippen molar-refractivity contribution in [2.24, 2.45) is 0 Å². The largest absolute Gasteiger partial charge is 0.493 e. The Bertz CT molecular complexity index is 648. The first kappa shape index (κ1) is 20.2. The summed E-state index contributed by atoms with van der Waals surface area (Å²) in [5, 5.41) is 32.2. The number of ether oxygens (including phenoxy) is 3. The number of rotatable bonds is 6. The molecule has 144 valence electrons. The third-order valence-corrected chi connectivity index (χ3v) is 4.04. The molecule has 1 heterocycles. The van der Waals surface area contributed by atoms with Crippen LogP contribution in [0.1, 0.15) is 19.4 Å². The molecule has 0 unspecified atom stereocenters. The molecule has 26 heavy (non-hydrogen) atoms. The lowest BCUT2D eigenvalue weighted by Crippen LogP contribution is -2.65. The number of aliphatic hydroxyl groups is 3. The smallest absolute Gasteiger partial charge is 0.223 e. The minimum absolute atomic E-state index is 0.335. The molecule has 4 N–H and O–H groups in total. The van der Waals surface area contributed by atoms with Crippen molar-refractivity contribution in [1.29, 1.82) is 0 Å². The Morgan fingerprint density at radius 1 is 1.31 bits per heavy atom. The summed E-state index contributed by atoms with van der Waals surface area (Å²) in [7, 11) is 1.49. The lowest BCUT2D eigenvalue weighted by Gasteiger charge is -2.42. The first-order valence-corrected chi connectivity index (χ1v) is 8.28. The van der Waals surface area contributed by atoms with E-state index in [4.69, 9.17) is 14.2 Å². The van der Waals surface area contributed by atoms with E-state index >= 15 is 0 Å². The molecule has 8 heteroatoms. The lowest BCUT2D eigenvalue weighted by molar-refractivity contribution is -0.244. The fourth-order valence-electron chi connectivity index (χ4n) is 2.77. The first-order valence-electron chi connectivity index (χ1n) is 8.28. The van der Waals surface area contributed by atoms with Crippen molar-refractivity contribution in [2.45, 2.75) is 44.5 Å². The molecule has 1 aliphatic heterocycles. The Kier molecular flexibility index (Phi) is 6.98. The molecule has 1 fully saturated rings. The Labute approximate surface area is 152 Å². The number of hydrogen-bond acceptors (Lipinski definition) is 7. The van der Waals surface area contributed by atoms with Crippen molar-refractivity contribution in [3.63, 3.8) is 0 Å². The summed E-state index contributed by atoms with van der Waals surface area (Å²) < 4.78 is 16.7. The number of hydrogen-bond donors (Lipinski definition) is 4. The monoisotopic (exact) mass is 367 g/mol. The molecule has 1 aromatic carbocycles. The number of aliphatic hydroxyl groups excluding tert-OH is 3. The zero-order valence-corrected chi connectivity index (χ0v) is 15.0. The average molecular weight is 367 g/mol. The SMILES string of the molecule is CC=Cc1ccc(O[C@H]2O[C@H](CO)[C@@H](O)[C@H](O)[C@H]2NC(C)=O)c(OC)c1. The van der Waals surface area contributed by atoms with Crippen molar-refractivity contribution < 1.29 is 34.3 Å². The number of carbonyl (C=O) groups excluding carboxylic acids is 1. The van der Waals surface area contributed by atoms with Crippen molar-refractivity contribution >= 4 is 12.0 Å². The number of methoxy groups -OCH3 is 1. The van der Waals surface area contributed by atoms with Gasteiger partial charge in [-0.05, 0) is 24.6 Å². The van der Waals surface area contributed by atoms with Crippen LogP contribution in [-0.4, -0.2) is 65.6 Å². The maximum atomic E-state index is 11.5. The van der Waals surface area contributed by atoms with Crippen LogP contribution < -0.4 is 14.8 Å². The highest BCUT2D eigenvalue weighted by molar-refractivity contribution is 5.73. The molecule has 0 bridgehead atoms. The van der Waals surface area contributed by atoms with Gasteiger partial charge in [0.15, 0.2) is 11.5 Å². The summed E-state index contributed by atoms with van der Waals surface area (Å²) in [6.07, 6.45) is -1.13. The fourth-order valence-corrected chi connectivity index (χ4v) is 2.77. The second kappa shape index (κ2) is 9.00. The van der Waals surface area contributed by atoms with E-state index in [1.54, 1.807) is 12.1 Å². The van der Waals surface area contributed by atoms with E-state index in [2.05, 4.69) is 5.32 Å².